The largest absolute Gasteiger partial charge is 0.496 e. The summed E-state index contributed by atoms with van der Waals surface area (Å²) in [6.07, 6.45) is 0.133. The fourth-order valence-electron chi connectivity index (χ4n) is 2.50. The van der Waals surface area contributed by atoms with Crippen molar-refractivity contribution in [3.63, 3.8) is 0 Å². The minimum atomic E-state index is -0.382. The van der Waals surface area contributed by atoms with Crippen molar-refractivity contribution in [2.24, 2.45) is 0 Å². The number of anilines is 2. The van der Waals surface area contributed by atoms with E-state index in [4.69, 9.17) is 4.74 Å². The normalized spacial score (nSPS) is 10.2. The Kier molecular flexibility index (Phi) is 6.59. The Bertz CT molecular complexity index is 943. The molecule has 144 valence electrons. The van der Waals surface area contributed by atoms with E-state index in [1.54, 1.807) is 24.6 Å². The summed E-state index contributed by atoms with van der Waals surface area (Å²) in [5.41, 5.74) is 2.18. The highest BCUT2D eigenvalue weighted by atomic mass is 32.1. The van der Waals surface area contributed by atoms with Gasteiger partial charge in [0.25, 0.3) is 0 Å². The molecule has 0 aliphatic carbocycles. The van der Waals surface area contributed by atoms with E-state index in [1.807, 2.05) is 42.5 Å². The van der Waals surface area contributed by atoms with Gasteiger partial charge in [-0.3, -0.25) is 10.1 Å². The van der Waals surface area contributed by atoms with Crippen LogP contribution < -0.4 is 20.7 Å². The van der Waals surface area contributed by atoms with Gasteiger partial charge < -0.3 is 15.4 Å². The first-order chi connectivity index (χ1) is 13.6. The van der Waals surface area contributed by atoms with Gasteiger partial charge in [0.2, 0.25) is 5.91 Å². The number of nitrogens with zero attached hydrogens (tertiary/aromatic N) is 1. The van der Waals surface area contributed by atoms with E-state index in [0.717, 1.165) is 11.3 Å². The highest BCUT2D eigenvalue weighted by molar-refractivity contribution is 7.14. The molecule has 3 amide bonds. The van der Waals surface area contributed by atoms with Crippen LogP contribution in [0.2, 0.25) is 0 Å². The number of methoxy groups -OCH3 is 1. The van der Waals surface area contributed by atoms with Gasteiger partial charge in [0.05, 0.1) is 19.2 Å². The number of hydrogen-bond acceptors (Lipinski definition) is 5. The number of benzene rings is 2. The maximum absolute atomic E-state index is 12.2. The van der Waals surface area contributed by atoms with Crippen LogP contribution in [0.25, 0.3) is 0 Å². The van der Waals surface area contributed by atoms with Crippen LogP contribution in [0.5, 0.6) is 5.75 Å². The first-order valence-electron chi connectivity index (χ1n) is 8.60. The maximum atomic E-state index is 12.2. The summed E-state index contributed by atoms with van der Waals surface area (Å²) < 4.78 is 5.27. The van der Waals surface area contributed by atoms with Crippen LogP contribution in [0.4, 0.5) is 15.6 Å². The number of amides is 3. The zero-order chi connectivity index (χ0) is 19.8. The van der Waals surface area contributed by atoms with Crippen LogP contribution >= 0.6 is 11.3 Å². The van der Waals surface area contributed by atoms with Crippen molar-refractivity contribution in [2.45, 2.75) is 13.0 Å². The first-order valence-corrected chi connectivity index (χ1v) is 9.48. The van der Waals surface area contributed by atoms with E-state index < -0.39 is 0 Å². The summed E-state index contributed by atoms with van der Waals surface area (Å²) in [5, 5.41) is 10.4. The lowest BCUT2D eigenvalue weighted by Crippen LogP contribution is -2.25. The van der Waals surface area contributed by atoms with Gasteiger partial charge in [-0.15, -0.1) is 11.3 Å². The number of carbonyl (C=O) groups is 2. The monoisotopic (exact) mass is 396 g/mol. The van der Waals surface area contributed by atoms with Crippen molar-refractivity contribution in [2.75, 3.05) is 17.7 Å². The SMILES string of the molecule is COc1ccccc1CNC(=O)Cc1csc(NC(=O)Nc2ccccc2)n1. The molecule has 28 heavy (non-hydrogen) atoms. The minimum Gasteiger partial charge on any atom is -0.496 e. The number of para-hydroxylation sites is 2. The van der Waals surface area contributed by atoms with Gasteiger partial charge in [0.1, 0.15) is 5.75 Å². The van der Waals surface area contributed by atoms with Crippen molar-refractivity contribution in [1.29, 1.82) is 0 Å². The third-order valence-electron chi connectivity index (χ3n) is 3.81. The van der Waals surface area contributed by atoms with Crippen LogP contribution in [0, 0.1) is 0 Å². The van der Waals surface area contributed by atoms with Crippen molar-refractivity contribution < 1.29 is 14.3 Å². The number of carbonyl (C=O) groups excluding carboxylic acids is 2. The Morgan fingerprint density at radius 2 is 1.79 bits per heavy atom. The fourth-order valence-corrected chi connectivity index (χ4v) is 3.20. The zero-order valence-electron chi connectivity index (χ0n) is 15.3. The third kappa shape index (κ3) is 5.55. The standard InChI is InChI=1S/C20H20N4O3S/c1-27-17-10-6-5-7-14(17)12-21-18(25)11-16-13-28-20(23-16)24-19(26)22-15-8-3-2-4-9-15/h2-10,13H,11-12H2,1H3,(H,21,25)(H2,22,23,24,26). The lowest BCUT2D eigenvalue weighted by Gasteiger charge is -2.09. The highest BCUT2D eigenvalue weighted by Crippen LogP contribution is 2.18. The van der Waals surface area contributed by atoms with Crippen molar-refractivity contribution in [1.82, 2.24) is 10.3 Å². The van der Waals surface area contributed by atoms with Crippen molar-refractivity contribution in [3.05, 3.63) is 71.2 Å². The van der Waals surface area contributed by atoms with Crippen molar-refractivity contribution in [3.8, 4) is 5.75 Å². The van der Waals surface area contributed by atoms with E-state index in [-0.39, 0.29) is 18.4 Å². The van der Waals surface area contributed by atoms with Gasteiger partial charge in [0, 0.05) is 23.2 Å². The van der Waals surface area contributed by atoms with E-state index in [9.17, 15) is 9.59 Å². The molecule has 0 aliphatic heterocycles. The molecule has 0 radical (unpaired) electrons. The van der Waals surface area contributed by atoms with Gasteiger partial charge >= 0.3 is 6.03 Å². The Balaban J connectivity index is 1.48. The summed E-state index contributed by atoms with van der Waals surface area (Å²) in [6.45, 7) is 0.373. The van der Waals surface area contributed by atoms with E-state index in [2.05, 4.69) is 20.9 Å². The summed E-state index contributed by atoms with van der Waals surface area (Å²) in [7, 11) is 1.60. The minimum absolute atomic E-state index is 0.133. The van der Waals surface area contributed by atoms with E-state index >= 15 is 0 Å². The molecule has 1 heterocycles. The molecule has 7 nitrogen and oxygen atoms in total. The van der Waals surface area contributed by atoms with Gasteiger partial charge in [-0.25, -0.2) is 9.78 Å². The summed E-state index contributed by atoms with van der Waals surface area (Å²) in [5.74, 6) is 0.573. The van der Waals surface area contributed by atoms with E-state index in [1.165, 1.54) is 11.3 Å². The van der Waals surface area contributed by atoms with Crippen LogP contribution in [-0.4, -0.2) is 24.0 Å². The van der Waals surface area contributed by atoms with Crippen LogP contribution in [0.15, 0.2) is 60.0 Å². The molecule has 0 aliphatic rings. The lowest BCUT2D eigenvalue weighted by atomic mass is 10.2. The predicted octanol–water partition coefficient (Wildman–Crippen LogP) is 3.65. The third-order valence-corrected chi connectivity index (χ3v) is 4.62. The van der Waals surface area contributed by atoms with E-state index in [0.29, 0.717) is 23.1 Å². The number of aromatic nitrogens is 1. The molecule has 3 rings (SSSR count). The number of hydrogen-bond donors (Lipinski definition) is 3. The predicted molar refractivity (Wildman–Crippen MR) is 110 cm³/mol. The molecule has 2 aromatic carbocycles. The maximum Gasteiger partial charge on any atom is 0.325 e. The molecular weight excluding hydrogens is 376 g/mol. The van der Waals surface area contributed by atoms with Crippen molar-refractivity contribution >= 4 is 34.1 Å². The van der Waals surface area contributed by atoms with Gasteiger partial charge in [-0.1, -0.05) is 36.4 Å². The molecule has 0 spiro atoms. The highest BCUT2D eigenvalue weighted by Gasteiger charge is 2.11. The summed E-state index contributed by atoms with van der Waals surface area (Å²) in [4.78, 5) is 28.4. The molecule has 0 bridgehead atoms. The Labute approximate surface area is 166 Å². The molecule has 0 atom stereocenters. The summed E-state index contributed by atoms with van der Waals surface area (Å²) in [6, 6.07) is 16.3. The molecule has 8 heteroatoms. The molecule has 1 aromatic heterocycles. The number of ether oxygens (including phenoxy) is 1. The molecule has 0 fully saturated rings. The van der Waals surface area contributed by atoms with Gasteiger partial charge in [-0.2, -0.15) is 0 Å². The van der Waals surface area contributed by atoms with Crippen LogP contribution in [0.1, 0.15) is 11.3 Å². The Morgan fingerprint density at radius 3 is 2.57 bits per heavy atom. The summed E-state index contributed by atoms with van der Waals surface area (Å²) >= 11 is 1.27. The van der Waals surface area contributed by atoms with Gasteiger partial charge in [-0.05, 0) is 18.2 Å². The first kappa shape index (κ1) is 19.4. The second-order valence-electron chi connectivity index (χ2n) is 5.85. The smallest absolute Gasteiger partial charge is 0.325 e. The molecule has 3 aromatic rings. The Hall–Kier alpha value is -3.39. The quantitative estimate of drug-likeness (QED) is 0.568. The molecule has 0 saturated carbocycles. The van der Waals surface area contributed by atoms with Crippen LogP contribution in [0.3, 0.4) is 0 Å². The molecular formula is C20H20N4O3S. The zero-order valence-corrected chi connectivity index (χ0v) is 16.1. The van der Waals surface area contributed by atoms with Crippen LogP contribution in [-0.2, 0) is 17.8 Å². The molecule has 0 unspecified atom stereocenters. The van der Waals surface area contributed by atoms with Gasteiger partial charge in [0.15, 0.2) is 5.13 Å². The molecule has 0 saturated heterocycles. The topological polar surface area (TPSA) is 92.4 Å². The Morgan fingerprint density at radius 1 is 1.04 bits per heavy atom. The number of rotatable bonds is 7. The lowest BCUT2D eigenvalue weighted by molar-refractivity contribution is -0.120. The second kappa shape index (κ2) is 9.52. The fraction of sp³-hybridized carbons (Fsp3) is 0.150. The molecule has 3 N–H and O–H groups in total. The number of thiazole rings is 1. The second-order valence-corrected chi connectivity index (χ2v) is 6.71. The number of nitrogens with one attached hydrogen (secondary N) is 3. The average Bonchev–Trinajstić information content (AvgIpc) is 3.13. The average molecular weight is 396 g/mol. The number of urea groups is 1.